The highest BCUT2D eigenvalue weighted by atomic mass is 19.1. The predicted molar refractivity (Wildman–Crippen MR) is 146 cm³/mol. The van der Waals surface area contributed by atoms with Gasteiger partial charge in [-0.2, -0.15) is 15.3 Å². The number of carbonyl (C=O) groups excluding carboxylic acids is 1. The van der Waals surface area contributed by atoms with Crippen LogP contribution in [0, 0.1) is 12.7 Å². The van der Waals surface area contributed by atoms with E-state index in [0.717, 1.165) is 23.1 Å². The van der Waals surface area contributed by atoms with Crippen molar-refractivity contribution in [1.29, 1.82) is 0 Å². The van der Waals surface area contributed by atoms with Crippen LogP contribution in [0.4, 0.5) is 16.0 Å². The van der Waals surface area contributed by atoms with E-state index in [2.05, 4.69) is 41.0 Å². The monoisotopic (exact) mass is 559 g/mol. The molecule has 1 aliphatic carbocycles. The van der Waals surface area contributed by atoms with Crippen molar-refractivity contribution in [2.24, 2.45) is 0 Å². The zero-order chi connectivity index (χ0) is 28.6. The van der Waals surface area contributed by atoms with Gasteiger partial charge in [0.25, 0.3) is 5.91 Å². The number of fused-ring (bicyclic) bond motifs is 1. The number of halogens is 1. The number of nitrogens with zero attached hydrogens (tertiary/aromatic N) is 8. The van der Waals surface area contributed by atoms with Crippen molar-refractivity contribution < 1.29 is 13.9 Å². The van der Waals surface area contributed by atoms with Gasteiger partial charge in [-0.15, -0.1) is 0 Å². The quantitative estimate of drug-likeness (QED) is 0.259. The molecular formula is C27H30FN11O2. The number of methoxy groups -OCH3 is 1. The van der Waals surface area contributed by atoms with Gasteiger partial charge in [-0.25, -0.2) is 28.5 Å². The van der Waals surface area contributed by atoms with E-state index in [0.29, 0.717) is 48.8 Å². The van der Waals surface area contributed by atoms with E-state index < -0.39 is 11.4 Å². The van der Waals surface area contributed by atoms with Crippen LogP contribution in [0.1, 0.15) is 61.5 Å². The third-order valence-electron chi connectivity index (χ3n) is 7.64. The fourth-order valence-corrected chi connectivity index (χ4v) is 5.31. The van der Waals surface area contributed by atoms with Gasteiger partial charge in [0.1, 0.15) is 11.9 Å². The zero-order valence-electron chi connectivity index (χ0n) is 22.9. The lowest BCUT2D eigenvalue weighted by Gasteiger charge is -2.38. The second-order valence-corrected chi connectivity index (χ2v) is 10.3. The van der Waals surface area contributed by atoms with E-state index in [1.165, 1.54) is 17.2 Å². The number of amides is 1. The Morgan fingerprint density at radius 3 is 2.66 bits per heavy atom. The summed E-state index contributed by atoms with van der Waals surface area (Å²) < 4.78 is 22.2. The molecule has 1 saturated carbocycles. The van der Waals surface area contributed by atoms with Crippen molar-refractivity contribution >= 4 is 23.2 Å². The molecule has 41 heavy (non-hydrogen) atoms. The van der Waals surface area contributed by atoms with Gasteiger partial charge < -0.3 is 15.4 Å². The number of rotatable bonds is 8. The van der Waals surface area contributed by atoms with Gasteiger partial charge in [-0.3, -0.25) is 9.89 Å². The number of H-pyrrole nitrogens is 1. The van der Waals surface area contributed by atoms with Crippen molar-refractivity contribution in [3.63, 3.8) is 0 Å². The fraction of sp³-hybridized carbons (Fsp3) is 0.370. The molecule has 3 N–H and O–H groups in total. The minimum atomic E-state index is -0.961. The lowest BCUT2D eigenvalue weighted by atomic mass is 9.76. The van der Waals surface area contributed by atoms with Gasteiger partial charge in [0.15, 0.2) is 28.9 Å². The predicted octanol–water partition coefficient (Wildman–Crippen LogP) is 3.54. The lowest BCUT2D eigenvalue weighted by Crippen LogP contribution is -2.50. The average Bonchev–Trinajstić information content (AvgIpc) is 3.74. The Balaban J connectivity index is 1.14. The van der Waals surface area contributed by atoms with Crippen LogP contribution in [0.15, 0.2) is 49.3 Å². The second-order valence-electron chi connectivity index (χ2n) is 10.3. The third kappa shape index (κ3) is 5.25. The maximum absolute atomic E-state index is 13.5. The first-order valence-corrected chi connectivity index (χ1v) is 13.4. The van der Waals surface area contributed by atoms with Crippen molar-refractivity contribution in [2.45, 2.75) is 57.1 Å². The van der Waals surface area contributed by atoms with Crippen LogP contribution >= 0.6 is 0 Å². The van der Waals surface area contributed by atoms with Gasteiger partial charge in [-0.05, 0) is 51.2 Å². The molecule has 0 aliphatic heterocycles. The van der Waals surface area contributed by atoms with Gasteiger partial charge in [0, 0.05) is 31.0 Å². The number of hydrogen-bond acceptors (Lipinski definition) is 9. The highest BCUT2D eigenvalue weighted by molar-refractivity contribution is 5.85. The summed E-state index contributed by atoms with van der Waals surface area (Å²) in [5.74, 6) is 1.21. The van der Waals surface area contributed by atoms with E-state index in [1.54, 1.807) is 30.1 Å². The Morgan fingerprint density at radius 1 is 1.17 bits per heavy atom. The first-order valence-electron chi connectivity index (χ1n) is 13.4. The molecule has 0 bridgehead atoms. The molecule has 6 rings (SSSR count). The van der Waals surface area contributed by atoms with Gasteiger partial charge in [-0.1, -0.05) is 6.07 Å². The van der Waals surface area contributed by atoms with E-state index >= 15 is 0 Å². The number of carbonyl (C=O) groups is 1. The number of ether oxygens (including phenoxy) is 1. The van der Waals surface area contributed by atoms with Crippen LogP contribution < -0.4 is 10.6 Å². The van der Waals surface area contributed by atoms with Crippen molar-refractivity contribution in [3.05, 3.63) is 72.1 Å². The Kier molecular flexibility index (Phi) is 6.91. The molecule has 1 fully saturated rings. The van der Waals surface area contributed by atoms with E-state index in [1.807, 2.05) is 26.0 Å². The molecule has 0 aromatic carbocycles. The standard InChI is InChI=1S/C27H30FN11O2/c1-16-10-21(37-36-16)34-22-14-39-25(30-15-32-39)24(35-22)18-6-8-27(41-3,9-7-18)26(40)33-17(2)19-4-5-23(29-11-19)38-13-20(28)12-31-38/h4-5,10-15,17-18H,6-9H2,1-3H3,(H,33,40)(H2,34,36,37)/t17-,18?,27?/m0/s1. The Hall–Kier alpha value is -4.72. The van der Waals surface area contributed by atoms with Crippen LogP contribution in [0.25, 0.3) is 11.5 Å². The van der Waals surface area contributed by atoms with Crippen LogP contribution in [0.2, 0.25) is 0 Å². The smallest absolute Gasteiger partial charge is 0.252 e. The first kappa shape index (κ1) is 26.5. The summed E-state index contributed by atoms with van der Waals surface area (Å²) in [4.78, 5) is 27.2. The van der Waals surface area contributed by atoms with Gasteiger partial charge in [0.2, 0.25) is 0 Å². The maximum atomic E-state index is 13.5. The minimum absolute atomic E-state index is 0.0711. The number of anilines is 2. The van der Waals surface area contributed by atoms with E-state index in [9.17, 15) is 9.18 Å². The summed E-state index contributed by atoms with van der Waals surface area (Å²) in [5.41, 5.74) is 2.29. The molecule has 14 heteroatoms. The van der Waals surface area contributed by atoms with Gasteiger partial charge >= 0.3 is 0 Å². The highest BCUT2D eigenvalue weighted by Gasteiger charge is 2.43. The third-order valence-corrected chi connectivity index (χ3v) is 7.64. The number of hydrogen-bond donors (Lipinski definition) is 3. The molecule has 1 atom stereocenters. The Morgan fingerprint density at radius 2 is 2.00 bits per heavy atom. The number of aryl methyl sites for hydroxylation is 1. The molecule has 13 nitrogen and oxygen atoms in total. The van der Waals surface area contributed by atoms with Crippen molar-refractivity contribution in [2.75, 3.05) is 12.4 Å². The Bertz CT molecular complexity index is 1670. The summed E-state index contributed by atoms with van der Waals surface area (Å²) in [6, 6.07) is 5.15. The van der Waals surface area contributed by atoms with Gasteiger partial charge in [0.05, 0.1) is 30.3 Å². The SMILES string of the molecule is COC1(C(=O)N[C@@H](C)c2ccc(-n3cc(F)cn3)nc2)CCC(c2nc(Nc3cc(C)[nH]n3)cn3ncnc23)CC1. The molecule has 0 radical (unpaired) electrons. The highest BCUT2D eigenvalue weighted by Crippen LogP contribution is 2.41. The molecule has 212 valence electrons. The molecule has 5 aromatic heterocycles. The normalized spacial score (nSPS) is 19.8. The topological polar surface area (TPSA) is 153 Å². The molecule has 0 spiro atoms. The summed E-state index contributed by atoms with van der Waals surface area (Å²) in [5, 5.41) is 21.7. The largest absolute Gasteiger partial charge is 0.368 e. The van der Waals surface area contributed by atoms with Crippen LogP contribution in [-0.4, -0.2) is 63.2 Å². The average molecular weight is 560 g/mol. The fourth-order valence-electron chi connectivity index (χ4n) is 5.31. The van der Waals surface area contributed by atoms with Crippen molar-refractivity contribution in [1.82, 2.24) is 49.9 Å². The van der Waals surface area contributed by atoms with Crippen LogP contribution in [0.3, 0.4) is 0 Å². The van der Waals surface area contributed by atoms with Crippen LogP contribution in [-0.2, 0) is 9.53 Å². The van der Waals surface area contributed by atoms with Crippen molar-refractivity contribution in [3.8, 4) is 5.82 Å². The summed E-state index contributed by atoms with van der Waals surface area (Å²) in [6.45, 7) is 3.82. The zero-order valence-corrected chi connectivity index (χ0v) is 22.9. The summed E-state index contributed by atoms with van der Waals surface area (Å²) in [7, 11) is 1.58. The molecule has 0 saturated heterocycles. The summed E-state index contributed by atoms with van der Waals surface area (Å²) >= 11 is 0. The first-order chi connectivity index (χ1) is 19.8. The molecule has 1 aliphatic rings. The second kappa shape index (κ2) is 10.7. The molecule has 0 unspecified atom stereocenters. The molecule has 5 heterocycles. The number of aromatic amines is 1. The lowest BCUT2D eigenvalue weighted by molar-refractivity contribution is -0.148. The number of pyridine rings is 1. The maximum Gasteiger partial charge on any atom is 0.252 e. The van der Waals surface area contributed by atoms with E-state index in [4.69, 9.17) is 9.72 Å². The number of aromatic nitrogens is 9. The summed E-state index contributed by atoms with van der Waals surface area (Å²) in [6.07, 6.45) is 9.73. The van der Waals surface area contributed by atoms with Crippen LogP contribution in [0.5, 0.6) is 0 Å². The van der Waals surface area contributed by atoms with E-state index in [-0.39, 0.29) is 17.9 Å². The minimum Gasteiger partial charge on any atom is -0.368 e. The number of nitrogens with one attached hydrogen (secondary N) is 3. The molecule has 1 amide bonds. The Labute approximate surface area is 234 Å². The molecule has 5 aromatic rings. The molecular weight excluding hydrogens is 529 g/mol.